The molecule has 1 rings (SSSR count). The van der Waals surface area contributed by atoms with Crippen molar-refractivity contribution in [2.24, 2.45) is 0 Å². The lowest BCUT2D eigenvalue weighted by molar-refractivity contribution is -0.165. The van der Waals surface area contributed by atoms with Gasteiger partial charge in [-0.25, -0.2) is 4.79 Å². The Bertz CT molecular complexity index is 175. The average Bonchev–Trinajstić information content (AvgIpc) is 2.05. The van der Waals surface area contributed by atoms with E-state index in [-0.39, 0.29) is 6.10 Å². The van der Waals surface area contributed by atoms with Crippen LogP contribution >= 0.6 is 0 Å². The summed E-state index contributed by atoms with van der Waals surface area (Å²) in [5, 5.41) is 8.61. The number of hydrogen-bond acceptors (Lipinski definition) is 3. The predicted molar refractivity (Wildman–Crippen MR) is 37.1 cm³/mol. The van der Waals surface area contributed by atoms with E-state index in [0.717, 1.165) is 0 Å². The van der Waals surface area contributed by atoms with Gasteiger partial charge in [0.25, 0.3) is 0 Å². The molecule has 1 heterocycles. The Labute approximate surface area is 65.1 Å². The fourth-order valence-electron chi connectivity index (χ4n) is 1.19. The Morgan fingerprint density at radius 3 is 2.18 bits per heavy atom. The Hall–Kier alpha value is -0.610. The lowest BCUT2D eigenvalue weighted by atomic mass is 10.2. The van der Waals surface area contributed by atoms with Gasteiger partial charge in [-0.3, -0.25) is 0 Å². The molecule has 0 aliphatic carbocycles. The molecular formula is C7H12O4. The molecule has 1 aliphatic rings. The van der Waals surface area contributed by atoms with E-state index >= 15 is 0 Å². The fourth-order valence-corrected chi connectivity index (χ4v) is 1.19. The van der Waals surface area contributed by atoms with Gasteiger partial charge in [-0.15, -0.1) is 0 Å². The number of carboxylic acid groups (broad SMARTS) is 1. The number of rotatable bonds is 1. The molecule has 0 spiro atoms. The van der Waals surface area contributed by atoms with Crippen LogP contribution in [0.3, 0.4) is 0 Å². The van der Waals surface area contributed by atoms with Gasteiger partial charge in [-0.2, -0.15) is 0 Å². The normalized spacial score (nSPS) is 35.5. The predicted octanol–water partition coefficient (Wildman–Crippen LogP) is 0.611. The third-order valence-electron chi connectivity index (χ3n) is 1.55. The molecule has 1 N–H and O–H groups in total. The van der Waals surface area contributed by atoms with E-state index in [2.05, 4.69) is 0 Å². The third-order valence-corrected chi connectivity index (χ3v) is 1.55. The average molecular weight is 160 g/mol. The van der Waals surface area contributed by atoms with Gasteiger partial charge in [-0.1, -0.05) is 0 Å². The van der Waals surface area contributed by atoms with Crippen LogP contribution in [0.2, 0.25) is 0 Å². The van der Waals surface area contributed by atoms with Crippen LogP contribution in [0.4, 0.5) is 0 Å². The molecule has 0 amide bonds. The molecule has 0 aromatic heterocycles. The minimum atomic E-state index is -0.969. The maximum Gasteiger partial charge on any atom is 0.335 e. The van der Waals surface area contributed by atoms with E-state index in [1.165, 1.54) is 0 Å². The van der Waals surface area contributed by atoms with Crippen LogP contribution in [0.1, 0.15) is 20.8 Å². The number of carboxylic acids is 1. The summed E-state index contributed by atoms with van der Waals surface area (Å²) in [7, 11) is 0. The topological polar surface area (TPSA) is 55.8 Å². The maximum absolute atomic E-state index is 10.5. The molecule has 2 atom stereocenters. The van der Waals surface area contributed by atoms with Crippen molar-refractivity contribution in [3.63, 3.8) is 0 Å². The van der Waals surface area contributed by atoms with E-state index < -0.39 is 17.9 Å². The summed E-state index contributed by atoms with van der Waals surface area (Å²) in [6, 6.07) is 0. The minimum Gasteiger partial charge on any atom is -0.479 e. The molecule has 0 radical (unpaired) electrons. The van der Waals surface area contributed by atoms with Gasteiger partial charge in [0, 0.05) is 0 Å². The first-order chi connectivity index (χ1) is 4.92. The fraction of sp³-hybridized carbons (Fsp3) is 0.857. The molecule has 1 aliphatic heterocycles. The second kappa shape index (κ2) is 2.46. The molecular weight excluding hydrogens is 148 g/mol. The quantitative estimate of drug-likeness (QED) is 0.610. The lowest BCUT2D eigenvalue weighted by Crippen LogP contribution is -2.29. The smallest absolute Gasteiger partial charge is 0.335 e. The number of aliphatic carboxylic acids is 1. The second-order valence-corrected chi connectivity index (χ2v) is 3.10. The largest absolute Gasteiger partial charge is 0.479 e. The third kappa shape index (κ3) is 1.70. The maximum atomic E-state index is 10.5. The molecule has 0 bridgehead atoms. The van der Waals surface area contributed by atoms with Crippen molar-refractivity contribution in [1.29, 1.82) is 0 Å². The monoisotopic (exact) mass is 160 g/mol. The first kappa shape index (κ1) is 8.49. The van der Waals surface area contributed by atoms with Crippen LogP contribution < -0.4 is 0 Å². The Kier molecular flexibility index (Phi) is 1.90. The number of ether oxygens (including phenoxy) is 2. The summed E-state index contributed by atoms with van der Waals surface area (Å²) >= 11 is 0. The lowest BCUT2D eigenvalue weighted by Gasteiger charge is -2.15. The summed E-state index contributed by atoms with van der Waals surface area (Å²) < 4.78 is 10.3. The van der Waals surface area contributed by atoms with Gasteiger partial charge in [0.05, 0.1) is 6.10 Å². The molecule has 0 aromatic rings. The van der Waals surface area contributed by atoms with E-state index in [9.17, 15) is 4.79 Å². The second-order valence-electron chi connectivity index (χ2n) is 3.10. The molecule has 0 aromatic carbocycles. The molecule has 4 heteroatoms. The van der Waals surface area contributed by atoms with E-state index in [1.54, 1.807) is 20.8 Å². The Morgan fingerprint density at radius 1 is 1.45 bits per heavy atom. The zero-order valence-electron chi connectivity index (χ0n) is 6.83. The zero-order valence-corrected chi connectivity index (χ0v) is 6.83. The van der Waals surface area contributed by atoms with Crippen molar-refractivity contribution in [1.82, 2.24) is 0 Å². The van der Waals surface area contributed by atoms with Gasteiger partial charge in [0.1, 0.15) is 0 Å². The zero-order chi connectivity index (χ0) is 8.65. The number of hydrogen-bond donors (Lipinski definition) is 1. The van der Waals surface area contributed by atoms with E-state index in [4.69, 9.17) is 14.6 Å². The molecule has 4 nitrogen and oxygen atoms in total. The van der Waals surface area contributed by atoms with Crippen molar-refractivity contribution < 1.29 is 19.4 Å². The highest BCUT2D eigenvalue weighted by molar-refractivity contribution is 5.73. The minimum absolute atomic E-state index is 0.373. The van der Waals surface area contributed by atoms with Gasteiger partial charge in [0.15, 0.2) is 11.9 Å². The number of carbonyl (C=O) groups is 1. The van der Waals surface area contributed by atoms with Crippen LogP contribution in [-0.4, -0.2) is 29.1 Å². The standard InChI is InChI=1S/C7H12O4/c1-4-5(6(8)9)11-7(2,3)10-4/h4-5H,1-3H3,(H,8,9)/t4-,5+/m0/s1. The molecule has 11 heavy (non-hydrogen) atoms. The molecule has 1 saturated heterocycles. The molecule has 64 valence electrons. The summed E-state index contributed by atoms with van der Waals surface area (Å²) in [5.41, 5.74) is 0. The van der Waals surface area contributed by atoms with Crippen molar-refractivity contribution in [3.8, 4) is 0 Å². The SMILES string of the molecule is C[C@@H]1OC(C)(C)O[C@H]1C(=O)O. The van der Waals surface area contributed by atoms with Crippen molar-refractivity contribution in [2.45, 2.75) is 38.8 Å². The van der Waals surface area contributed by atoms with Gasteiger partial charge < -0.3 is 14.6 Å². The first-order valence-corrected chi connectivity index (χ1v) is 3.51. The molecule has 1 fully saturated rings. The van der Waals surface area contributed by atoms with Gasteiger partial charge in [-0.05, 0) is 20.8 Å². The van der Waals surface area contributed by atoms with Gasteiger partial charge in [0.2, 0.25) is 0 Å². The summed E-state index contributed by atoms with van der Waals surface area (Å²) in [6.45, 7) is 5.09. The van der Waals surface area contributed by atoms with Gasteiger partial charge >= 0.3 is 5.97 Å². The summed E-state index contributed by atoms with van der Waals surface area (Å²) in [5.74, 6) is -1.73. The van der Waals surface area contributed by atoms with Crippen molar-refractivity contribution >= 4 is 5.97 Å². The highest BCUT2D eigenvalue weighted by Crippen LogP contribution is 2.27. The van der Waals surface area contributed by atoms with Crippen LogP contribution in [0.5, 0.6) is 0 Å². The summed E-state index contributed by atoms with van der Waals surface area (Å²) in [6.07, 6.45) is -1.20. The van der Waals surface area contributed by atoms with Crippen molar-refractivity contribution in [3.05, 3.63) is 0 Å². The summed E-state index contributed by atoms with van der Waals surface area (Å²) in [4.78, 5) is 10.5. The highest BCUT2D eigenvalue weighted by Gasteiger charge is 2.42. The van der Waals surface area contributed by atoms with Crippen LogP contribution in [0.15, 0.2) is 0 Å². The van der Waals surface area contributed by atoms with E-state index in [0.29, 0.717) is 0 Å². The van der Waals surface area contributed by atoms with Crippen molar-refractivity contribution in [2.75, 3.05) is 0 Å². The van der Waals surface area contributed by atoms with E-state index in [1.807, 2.05) is 0 Å². The Morgan fingerprint density at radius 2 is 2.00 bits per heavy atom. The molecule has 0 unspecified atom stereocenters. The first-order valence-electron chi connectivity index (χ1n) is 3.51. The van der Waals surface area contributed by atoms with Crippen LogP contribution in [0, 0.1) is 0 Å². The van der Waals surface area contributed by atoms with Crippen LogP contribution in [0.25, 0.3) is 0 Å². The van der Waals surface area contributed by atoms with Crippen LogP contribution in [-0.2, 0) is 14.3 Å². The Balaban J connectivity index is 2.66. The highest BCUT2D eigenvalue weighted by atomic mass is 16.8. The molecule has 0 saturated carbocycles.